The van der Waals surface area contributed by atoms with Crippen LogP contribution in [-0.2, 0) is 0 Å². The fraction of sp³-hybridized carbons (Fsp3) is 0.0526. The van der Waals surface area contributed by atoms with Gasteiger partial charge in [-0.25, -0.2) is 0 Å². The van der Waals surface area contributed by atoms with Crippen molar-refractivity contribution in [3.05, 3.63) is 72.8 Å². The molecule has 0 amide bonds. The lowest BCUT2D eigenvalue weighted by molar-refractivity contribution is 1.25. The Morgan fingerprint density at radius 2 is 0.710 bits per heavy atom. The van der Waals surface area contributed by atoms with Gasteiger partial charge < -0.3 is 4.90 Å². The first-order valence-corrected chi connectivity index (χ1v) is 20.3. The fourth-order valence-corrected chi connectivity index (χ4v) is 6.75. The van der Waals surface area contributed by atoms with E-state index in [0.29, 0.717) is 9.79 Å². The van der Waals surface area contributed by atoms with Crippen molar-refractivity contribution in [3.63, 3.8) is 0 Å². The molecule has 0 bridgehead atoms. The van der Waals surface area contributed by atoms with Crippen LogP contribution in [0.1, 0.15) is 0 Å². The second-order valence-corrected chi connectivity index (χ2v) is 26.2. The Bertz CT molecular complexity index is 888. The number of hydrogen-bond acceptors (Lipinski definition) is 1. The molecule has 0 saturated heterocycles. The fourth-order valence-electron chi connectivity index (χ4n) is 2.78. The van der Waals surface area contributed by atoms with E-state index in [4.69, 9.17) is 85.5 Å². The second-order valence-electron chi connectivity index (χ2n) is 6.36. The van der Waals surface area contributed by atoms with Gasteiger partial charge in [0.25, 0.3) is 0 Å². The third-order valence-electron chi connectivity index (χ3n) is 4.23. The van der Waals surface area contributed by atoms with Crippen LogP contribution in [-0.4, -0.2) is 6.26 Å². The zero-order valence-electron chi connectivity index (χ0n) is 15.6. The molecule has 0 fully saturated rings. The molecule has 0 aliphatic heterocycles. The minimum Gasteiger partial charge on any atom is -0.311 e. The molecule has 0 N–H and O–H groups in total. The summed E-state index contributed by atoms with van der Waals surface area (Å²) < 4.78 is 0. The smallest absolute Gasteiger partial charge is 0.0462 e. The highest BCUT2D eigenvalue weighted by Gasteiger charge is 2.21. The molecule has 31 heavy (non-hydrogen) atoms. The van der Waals surface area contributed by atoms with Crippen LogP contribution in [0.3, 0.4) is 0 Å². The predicted octanol–water partition coefficient (Wildman–Crippen LogP) is 12.5. The van der Waals surface area contributed by atoms with Gasteiger partial charge in [0.2, 0.25) is 0 Å². The summed E-state index contributed by atoms with van der Waals surface area (Å²) in [6.45, 7) is 0. The zero-order chi connectivity index (χ0) is 23.0. The van der Waals surface area contributed by atoms with Gasteiger partial charge in [-0.3, -0.25) is 0 Å². The van der Waals surface area contributed by atoms with Crippen LogP contribution in [0.15, 0.2) is 87.5 Å². The number of halogens is 8. The van der Waals surface area contributed by atoms with Crippen molar-refractivity contribution in [2.24, 2.45) is 0 Å². The quantitative estimate of drug-likeness (QED) is 0.260. The van der Waals surface area contributed by atoms with E-state index >= 15 is 0 Å². The molecule has 0 heterocycles. The first-order chi connectivity index (χ1) is 14.3. The van der Waals surface area contributed by atoms with Crippen molar-refractivity contribution in [1.29, 1.82) is 0 Å². The molecule has 3 rings (SSSR count). The van der Waals surface area contributed by atoms with Crippen molar-refractivity contribution in [2.45, 2.75) is 14.7 Å². The standard InChI is InChI=1S/C19H15Cl8NS3/c1-29(20,21)17-8-2-14(3-9-17)28(15-4-10-18(11-5-15)30(22,23)24)16-6-12-19(13-7-16)31(25,26)27/h2-13H,1H3. The van der Waals surface area contributed by atoms with Gasteiger partial charge in [-0.2, -0.15) is 0 Å². The van der Waals surface area contributed by atoms with E-state index in [9.17, 15) is 0 Å². The van der Waals surface area contributed by atoms with E-state index in [-0.39, 0.29) is 0 Å². The first kappa shape index (κ1) is 26.4. The molecule has 3 aromatic rings. The molecule has 0 aliphatic rings. The van der Waals surface area contributed by atoms with Gasteiger partial charge in [-0.15, -0.1) is 0 Å². The highest BCUT2D eigenvalue weighted by Crippen LogP contribution is 2.70. The van der Waals surface area contributed by atoms with E-state index in [1.807, 2.05) is 53.4 Å². The molecule has 0 radical (unpaired) electrons. The molecule has 12 heteroatoms. The highest BCUT2D eigenvalue weighted by atomic mass is 36.2. The monoisotopic (exact) mass is 633 g/mol. The summed E-state index contributed by atoms with van der Waals surface area (Å²) in [6, 6.07) is 22.5. The van der Waals surface area contributed by atoms with Crippen LogP contribution in [0.5, 0.6) is 0 Å². The van der Waals surface area contributed by atoms with Crippen LogP contribution in [0, 0.1) is 0 Å². The SMILES string of the molecule is CS(Cl)(Cl)c1ccc(N(c2ccc(S(Cl)(Cl)Cl)cc2)c2ccc(S(Cl)(Cl)Cl)cc2)cc1. The van der Waals surface area contributed by atoms with E-state index in [1.54, 1.807) is 30.5 Å². The maximum Gasteiger partial charge on any atom is 0.0462 e. The van der Waals surface area contributed by atoms with Crippen LogP contribution >= 0.6 is 109 Å². The van der Waals surface area contributed by atoms with E-state index < -0.39 is 23.8 Å². The average molecular weight is 637 g/mol. The molecular formula is C19H15Cl8NS3. The summed E-state index contributed by atoms with van der Waals surface area (Å²) in [4.78, 5) is 4.20. The van der Waals surface area contributed by atoms with Crippen molar-refractivity contribution >= 4 is 126 Å². The average Bonchev–Trinajstić information content (AvgIpc) is 2.67. The highest BCUT2D eigenvalue weighted by molar-refractivity contribution is 8.79. The Balaban J connectivity index is 2.08. The Labute approximate surface area is 222 Å². The van der Waals surface area contributed by atoms with Crippen molar-refractivity contribution in [1.82, 2.24) is 0 Å². The Kier molecular flexibility index (Phi) is 8.71. The number of rotatable bonds is 6. The summed E-state index contributed by atoms with van der Waals surface area (Å²) in [5.41, 5.74) is 2.63. The third-order valence-corrected chi connectivity index (χ3v) is 11.2. The van der Waals surface area contributed by atoms with Crippen LogP contribution < -0.4 is 4.90 Å². The number of nitrogens with zero attached hydrogens (tertiary/aromatic N) is 1. The van der Waals surface area contributed by atoms with E-state index in [1.165, 1.54) is 0 Å². The summed E-state index contributed by atoms with van der Waals surface area (Å²) in [5, 5.41) is 0. The molecule has 0 atom stereocenters. The molecule has 170 valence electrons. The number of hydrogen-bond donors (Lipinski definition) is 0. The minimum atomic E-state index is -2.39. The molecule has 0 unspecified atom stereocenters. The maximum atomic E-state index is 6.31. The number of benzene rings is 3. The maximum absolute atomic E-state index is 6.31. The normalized spacial score (nSPS) is 14.2. The van der Waals surface area contributed by atoms with Crippen LogP contribution in [0.25, 0.3) is 0 Å². The zero-order valence-corrected chi connectivity index (χ0v) is 24.1. The largest absolute Gasteiger partial charge is 0.311 e. The van der Waals surface area contributed by atoms with Crippen LogP contribution in [0.4, 0.5) is 17.1 Å². The van der Waals surface area contributed by atoms with E-state index in [0.717, 1.165) is 22.0 Å². The Morgan fingerprint density at radius 3 is 0.935 bits per heavy atom. The third kappa shape index (κ3) is 6.93. The molecular weight excluding hydrogens is 622 g/mol. The lowest BCUT2D eigenvalue weighted by atomic mass is 10.2. The van der Waals surface area contributed by atoms with Gasteiger partial charge in [0.05, 0.1) is 0 Å². The Morgan fingerprint density at radius 1 is 0.452 bits per heavy atom. The summed E-state index contributed by atoms with van der Waals surface area (Å²) in [6.07, 6.45) is 1.80. The summed E-state index contributed by atoms with van der Waals surface area (Å²) >= 11 is 0. The minimum absolute atomic E-state index is 0.648. The van der Waals surface area contributed by atoms with Gasteiger partial charge in [0.1, 0.15) is 0 Å². The molecule has 0 aromatic heterocycles. The van der Waals surface area contributed by atoms with Gasteiger partial charge >= 0.3 is 0 Å². The van der Waals surface area contributed by atoms with Crippen molar-refractivity contribution in [3.8, 4) is 0 Å². The molecule has 3 aromatic carbocycles. The Hall–Kier alpha value is 0.830. The molecule has 0 aliphatic carbocycles. The van der Waals surface area contributed by atoms with Gasteiger partial charge in [-0.1, -0.05) is 8.46 Å². The topological polar surface area (TPSA) is 3.24 Å². The summed E-state index contributed by atoms with van der Waals surface area (Å²) in [7, 11) is 42.5. The van der Waals surface area contributed by atoms with Crippen molar-refractivity contribution < 1.29 is 0 Å². The lowest BCUT2D eigenvalue weighted by Gasteiger charge is -2.28. The second kappa shape index (κ2) is 10.2. The van der Waals surface area contributed by atoms with Crippen LogP contribution in [0.2, 0.25) is 0 Å². The van der Waals surface area contributed by atoms with Crippen molar-refractivity contribution in [2.75, 3.05) is 11.2 Å². The lowest BCUT2D eigenvalue weighted by Crippen LogP contribution is -2.10. The van der Waals surface area contributed by atoms with Gasteiger partial charge in [0.15, 0.2) is 0 Å². The van der Waals surface area contributed by atoms with Gasteiger partial charge in [0, 0.05) is 47.1 Å². The predicted molar refractivity (Wildman–Crippen MR) is 151 cm³/mol. The molecule has 1 nitrogen and oxygen atoms in total. The molecule has 0 spiro atoms. The summed E-state index contributed by atoms with van der Waals surface area (Å²) in [5.74, 6) is 0. The molecule has 0 saturated carbocycles. The van der Waals surface area contributed by atoms with Gasteiger partial charge in [-0.05, 0) is 165 Å². The first-order valence-electron chi connectivity index (χ1n) is 8.39. The van der Waals surface area contributed by atoms with E-state index in [2.05, 4.69) is 0 Å². The number of anilines is 3.